The van der Waals surface area contributed by atoms with Crippen molar-refractivity contribution in [1.82, 2.24) is 4.90 Å². The molecule has 2 nitrogen and oxygen atoms in total. The summed E-state index contributed by atoms with van der Waals surface area (Å²) in [5.41, 5.74) is 3.39. The number of ether oxygens (including phenoxy) is 1. The van der Waals surface area contributed by atoms with Gasteiger partial charge in [-0.1, -0.05) is 41.8 Å². The molecule has 0 amide bonds. The van der Waals surface area contributed by atoms with E-state index in [2.05, 4.69) is 59.2 Å². The molecule has 1 aliphatic heterocycles. The predicted molar refractivity (Wildman–Crippen MR) is 97.8 cm³/mol. The van der Waals surface area contributed by atoms with Gasteiger partial charge in [0.2, 0.25) is 0 Å². The summed E-state index contributed by atoms with van der Waals surface area (Å²) in [7, 11) is 5.75. The molecule has 0 fully saturated rings. The summed E-state index contributed by atoms with van der Waals surface area (Å²) in [5, 5.41) is 0. The Morgan fingerprint density at radius 2 is 1.91 bits per heavy atom. The fraction of sp³-hybridized carbons (Fsp3) is 0.200. The van der Waals surface area contributed by atoms with Gasteiger partial charge in [-0.2, -0.15) is 0 Å². The molecule has 2 aromatic rings. The van der Waals surface area contributed by atoms with E-state index in [9.17, 15) is 0 Å². The molecule has 0 spiro atoms. The highest BCUT2D eigenvalue weighted by molar-refractivity contribution is 7.99. The number of rotatable bonds is 2. The van der Waals surface area contributed by atoms with Crippen molar-refractivity contribution in [2.24, 2.45) is 0 Å². The lowest BCUT2D eigenvalue weighted by atomic mass is 10.0. The summed E-state index contributed by atoms with van der Waals surface area (Å²) in [6, 6.07) is 14.6. The standard InChI is InChI=1S/C20H19NOS/c1-21(2)12-6-8-15-13-16-7-4-5-9-19(16)23-20-11-10-17(22-3)14-18(15)20/h4-5,7,9-11,13-14H,12H2,1-3H3. The molecular weight excluding hydrogens is 302 g/mol. The topological polar surface area (TPSA) is 12.5 Å². The molecule has 116 valence electrons. The molecule has 0 saturated carbocycles. The van der Waals surface area contributed by atoms with Crippen LogP contribution < -0.4 is 4.74 Å². The van der Waals surface area contributed by atoms with Gasteiger partial charge >= 0.3 is 0 Å². The van der Waals surface area contributed by atoms with Crippen LogP contribution >= 0.6 is 11.8 Å². The smallest absolute Gasteiger partial charge is 0.119 e. The van der Waals surface area contributed by atoms with Crippen molar-refractivity contribution in [2.45, 2.75) is 9.79 Å². The number of fused-ring (bicyclic) bond motifs is 2. The molecule has 0 aliphatic carbocycles. The largest absolute Gasteiger partial charge is 0.497 e. The Morgan fingerprint density at radius 1 is 1.09 bits per heavy atom. The van der Waals surface area contributed by atoms with Gasteiger partial charge in [-0.15, -0.1) is 0 Å². The highest BCUT2D eigenvalue weighted by Crippen LogP contribution is 2.41. The van der Waals surface area contributed by atoms with Crippen LogP contribution in [0.2, 0.25) is 0 Å². The second kappa shape index (κ2) is 6.95. The Morgan fingerprint density at radius 3 is 2.70 bits per heavy atom. The number of hydrogen-bond acceptors (Lipinski definition) is 3. The third kappa shape index (κ3) is 3.61. The molecule has 3 rings (SSSR count). The number of methoxy groups -OCH3 is 1. The Labute approximate surface area is 142 Å². The van der Waals surface area contributed by atoms with Crippen molar-refractivity contribution >= 4 is 23.4 Å². The molecule has 2 aromatic carbocycles. The van der Waals surface area contributed by atoms with E-state index in [0.717, 1.165) is 23.4 Å². The third-order valence-electron chi connectivity index (χ3n) is 3.53. The van der Waals surface area contributed by atoms with Gasteiger partial charge in [-0.25, -0.2) is 0 Å². The highest BCUT2D eigenvalue weighted by atomic mass is 32.2. The Bertz CT molecular complexity index is 812. The zero-order chi connectivity index (χ0) is 16.2. The quantitative estimate of drug-likeness (QED) is 0.767. The molecule has 0 N–H and O–H groups in total. The van der Waals surface area contributed by atoms with Gasteiger partial charge in [0, 0.05) is 20.9 Å². The normalized spacial score (nSPS) is 12.4. The van der Waals surface area contributed by atoms with Crippen LogP contribution in [-0.2, 0) is 0 Å². The van der Waals surface area contributed by atoms with E-state index in [4.69, 9.17) is 4.74 Å². The molecule has 0 aromatic heterocycles. The zero-order valence-corrected chi connectivity index (χ0v) is 14.4. The first kappa shape index (κ1) is 15.7. The van der Waals surface area contributed by atoms with E-state index >= 15 is 0 Å². The van der Waals surface area contributed by atoms with Gasteiger partial charge in [-0.3, -0.25) is 4.90 Å². The molecule has 23 heavy (non-hydrogen) atoms. The monoisotopic (exact) mass is 321 g/mol. The van der Waals surface area contributed by atoms with Crippen molar-refractivity contribution in [2.75, 3.05) is 27.7 Å². The number of nitrogens with zero attached hydrogens (tertiary/aromatic N) is 1. The summed E-state index contributed by atoms with van der Waals surface area (Å²) in [6.07, 6.45) is 2.18. The molecule has 0 saturated heterocycles. The molecule has 0 unspecified atom stereocenters. The Hall–Kier alpha value is -2.15. The lowest BCUT2D eigenvalue weighted by Crippen LogP contribution is -2.10. The maximum absolute atomic E-state index is 5.40. The predicted octanol–water partition coefficient (Wildman–Crippen LogP) is 4.27. The van der Waals surface area contributed by atoms with E-state index < -0.39 is 0 Å². The van der Waals surface area contributed by atoms with Crippen LogP contribution in [0.5, 0.6) is 5.75 Å². The average molecular weight is 321 g/mol. The van der Waals surface area contributed by atoms with Gasteiger partial charge in [0.05, 0.1) is 13.7 Å². The number of allylic oxidation sites excluding steroid dienone is 1. The second-order valence-corrected chi connectivity index (χ2v) is 6.68. The van der Waals surface area contributed by atoms with E-state index in [0.29, 0.717) is 0 Å². The first-order valence-corrected chi connectivity index (χ1v) is 8.29. The lowest BCUT2D eigenvalue weighted by Gasteiger charge is -2.09. The van der Waals surface area contributed by atoms with Crippen LogP contribution in [-0.4, -0.2) is 32.6 Å². The van der Waals surface area contributed by atoms with Gasteiger partial charge < -0.3 is 4.74 Å². The van der Waals surface area contributed by atoms with Crippen LogP contribution in [0.25, 0.3) is 11.6 Å². The molecule has 0 atom stereocenters. The Balaban J connectivity index is 2.13. The fourth-order valence-corrected chi connectivity index (χ4v) is 3.42. The van der Waals surface area contributed by atoms with Crippen LogP contribution in [0.3, 0.4) is 0 Å². The summed E-state index contributed by atoms with van der Waals surface area (Å²) >= 11 is 1.78. The zero-order valence-electron chi connectivity index (χ0n) is 13.6. The molecule has 0 radical (unpaired) electrons. The van der Waals surface area contributed by atoms with E-state index in [1.54, 1.807) is 18.9 Å². The molecule has 1 aliphatic rings. The van der Waals surface area contributed by atoms with Gasteiger partial charge in [0.25, 0.3) is 0 Å². The minimum Gasteiger partial charge on any atom is -0.497 e. The molecule has 0 bridgehead atoms. The second-order valence-electron chi connectivity index (χ2n) is 5.60. The van der Waals surface area contributed by atoms with Crippen molar-refractivity contribution < 1.29 is 4.74 Å². The van der Waals surface area contributed by atoms with E-state index in [1.165, 1.54) is 15.4 Å². The maximum atomic E-state index is 5.40. The summed E-state index contributed by atoms with van der Waals surface area (Å²) < 4.78 is 5.40. The lowest BCUT2D eigenvalue weighted by molar-refractivity contribution is 0.414. The molecular formula is C20H19NOS. The minimum absolute atomic E-state index is 0.741. The van der Waals surface area contributed by atoms with Crippen LogP contribution in [0.1, 0.15) is 11.1 Å². The molecule has 3 heteroatoms. The van der Waals surface area contributed by atoms with Gasteiger partial charge in [0.1, 0.15) is 5.75 Å². The van der Waals surface area contributed by atoms with Crippen molar-refractivity contribution in [3.63, 3.8) is 0 Å². The minimum atomic E-state index is 0.741. The Kier molecular flexibility index (Phi) is 4.76. The summed E-state index contributed by atoms with van der Waals surface area (Å²) in [5.74, 6) is 7.45. The van der Waals surface area contributed by atoms with Crippen molar-refractivity contribution in [3.05, 3.63) is 53.6 Å². The highest BCUT2D eigenvalue weighted by Gasteiger charge is 2.15. The van der Waals surface area contributed by atoms with Crippen molar-refractivity contribution in [1.29, 1.82) is 0 Å². The maximum Gasteiger partial charge on any atom is 0.119 e. The van der Waals surface area contributed by atoms with E-state index in [1.807, 2.05) is 20.2 Å². The number of hydrogen-bond donors (Lipinski definition) is 0. The average Bonchev–Trinajstić information content (AvgIpc) is 2.70. The SMILES string of the molecule is COc1ccc2c(c1)C(C#CCN(C)C)=Cc1ccccc1S2. The van der Waals surface area contributed by atoms with Crippen LogP contribution in [0.4, 0.5) is 0 Å². The fourth-order valence-electron chi connectivity index (χ4n) is 2.38. The van der Waals surface area contributed by atoms with Gasteiger partial charge in [0.15, 0.2) is 0 Å². The summed E-state index contributed by atoms with van der Waals surface area (Å²) in [6.45, 7) is 0.741. The van der Waals surface area contributed by atoms with Crippen molar-refractivity contribution in [3.8, 4) is 17.6 Å². The van der Waals surface area contributed by atoms with Crippen LogP contribution in [0.15, 0.2) is 52.3 Å². The van der Waals surface area contributed by atoms with E-state index in [-0.39, 0.29) is 0 Å². The first-order valence-electron chi connectivity index (χ1n) is 7.48. The summed E-state index contributed by atoms with van der Waals surface area (Å²) in [4.78, 5) is 4.53. The third-order valence-corrected chi connectivity index (χ3v) is 4.70. The first-order chi connectivity index (χ1) is 11.2. The van der Waals surface area contributed by atoms with Crippen LogP contribution in [0, 0.1) is 11.8 Å². The van der Waals surface area contributed by atoms with Gasteiger partial charge in [-0.05, 0) is 50.0 Å². The molecule has 1 heterocycles. The number of benzene rings is 2.